The summed E-state index contributed by atoms with van der Waals surface area (Å²) in [6.45, 7) is 6.29. The zero-order valence-electron chi connectivity index (χ0n) is 38.7. The van der Waals surface area contributed by atoms with Crippen molar-refractivity contribution in [3.8, 4) is 0 Å². The summed E-state index contributed by atoms with van der Waals surface area (Å²) in [5.74, 6) is -1.04. The molecule has 0 aromatic heterocycles. The van der Waals surface area contributed by atoms with Crippen LogP contribution in [0, 0.1) is 0 Å². The van der Waals surface area contributed by atoms with Crippen molar-refractivity contribution < 1.29 is 28.6 Å². The molecule has 0 aromatic rings. The quantitative estimate of drug-likeness (QED) is 0.0264. The average molecular weight is 833 g/mol. The van der Waals surface area contributed by atoms with Crippen LogP contribution >= 0.6 is 0 Å². The first-order chi connectivity index (χ1) is 29.5. The number of ether oxygens (including phenoxy) is 3. The lowest BCUT2D eigenvalue weighted by Crippen LogP contribution is -2.30. The molecule has 0 aliphatic heterocycles. The second-order valence-corrected chi connectivity index (χ2v) is 15.6. The third-order valence-corrected chi connectivity index (χ3v) is 9.85. The number of carbonyl (C=O) groups excluding carboxylic acids is 3. The Hall–Kier alpha value is -3.67. The van der Waals surface area contributed by atoms with E-state index >= 15 is 0 Å². The van der Waals surface area contributed by atoms with Crippen LogP contribution in [0.15, 0.2) is 97.2 Å². The summed E-state index contributed by atoms with van der Waals surface area (Å²) in [6, 6.07) is 0. The van der Waals surface area contributed by atoms with Crippen molar-refractivity contribution in [2.45, 2.75) is 213 Å². The van der Waals surface area contributed by atoms with Gasteiger partial charge in [-0.1, -0.05) is 201 Å². The van der Waals surface area contributed by atoms with Gasteiger partial charge in [0.15, 0.2) is 6.10 Å². The van der Waals surface area contributed by atoms with Crippen LogP contribution < -0.4 is 0 Å². The van der Waals surface area contributed by atoms with E-state index in [0.717, 1.165) is 89.9 Å². The fourth-order valence-electron chi connectivity index (χ4n) is 6.27. The minimum atomic E-state index is -0.818. The maximum atomic E-state index is 12.7. The number of hydrogen-bond acceptors (Lipinski definition) is 6. The largest absolute Gasteiger partial charge is 0.462 e. The van der Waals surface area contributed by atoms with Crippen LogP contribution in [0.4, 0.5) is 0 Å². The molecular formula is C54H88O6. The molecule has 1 unspecified atom stereocenters. The molecule has 0 bridgehead atoms. The fraction of sp³-hybridized carbons (Fsp3) is 0.648. The molecule has 60 heavy (non-hydrogen) atoms. The van der Waals surface area contributed by atoms with Gasteiger partial charge in [-0.3, -0.25) is 14.4 Å². The van der Waals surface area contributed by atoms with Gasteiger partial charge in [0.1, 0.15) is 13.2 Å². The minimum absolute atomic E-state index is 0.118. The van der Waals surface area contributed by atoms with E-state index in [1.807, 2.05) is 12.2 Å². The van der Waals surface area contributed by atoms with Gasteiger partial charge < -0.3 is 14.2 Å². The summed E-state index contributed by atoms with van der Waals surface area (Å²) >= 11 is 0. The van der Waals surface area contributed by atoms with E-state index in [-0.39, 0.29) is 37.5 Å². The van der Waals surface area contributed by atoms with Gasteiger partial charge >= 0.3 is 17.9 Å². The topological polar surface area (TPSA) is 78.9 Å². The lowest BCUT2D eigenvalue weighted by Gasteiger charge is -2.18. The van der Waals surface area contributed by atoms with Crippen LogP contribution in [0.5, 0.6) is 0 Å². The van der Waals surface area contributed by atoms with Crippen molar-refractivity contribution in [1.82, 2.24) is 0 Å². The predicted octanol–water partition coefficient (Wildman–Crippen LogP) is 15.8. The third kappa shape index (κ3) is 45.4. The first-order valence-electron chi connectivity index (χ1n) is 24.2. The van der Waals surface area contributed by atoms with Crippen LogP contribution in [0.1, 0.15) is 207 Å². The number of unbranched alkanes of at least 4 members (excludes halogenated alkanes) is 15. The third-order valence-electron chi connectivity index (χ3n) is 9.85. The van der Waals surface area contributed by atoms with Gasteiger partial charge in [0.2, 0.25) is 0 Å². The molecule has 0 radical (unpaired) electrons. The molecule has 0 amide bonds. The second-order valence-electron chi connectivity index (χ2n) is 15.6. The Balaban J connectivity index is 4.48. The van der Waals surface area contributed by atoms with Crippen molar-refractivity contribution in [1.29, 1.82) is 0 Å². The highest BCUT2D eigenvalue weighted by Crippen LogP contribution is 2.14. The summed E-state index contributed by atoms with van der Waals surface area (Å²) in [5, 5.41) is 0. The van der Waals surface area contributed by atoms with Gasteiger partial charge in [0, 0.05) is 19.3 Å². The molecule has 0 aromatic carbocycles. The minimum Gasteiger partial charge on any atom is -0.462 e. The van der Waals surface area contributed by atoms with Crippen LogP contribution in [-0.2, 0) is 28.6 Å². The van der Waals surface area contributed by atoms with Crippen molar-refractivity contribution in [2.75, 3.05) is 13.2 Å². The van der Waals surface area contributed by atoms with Gasteiger partial charge in [-0.2, -0.15) is 0 Å². The Morgan fingerprint density at radius 1 is 0.350 bits per heavy atom. The maximum Gasteiger partial charge on any atom is 0.306 e. The fourth-order valence-corrected chi connectivity index (χ4v) is 6.27. The molecule has 0 N–H and O–H groups in total. The second kappa shape index (κ2) is 48.0. The Morgan fingerprint density at radius 2 is 0.683 bits per heavy atom. The van der Waals surface area contributed by atoms with Crippen LogP contribution in [-0.4, -0.2) is 37.2 Å². The number of allylic oxidation sites excluding steroid dienone is 16. The lowest BCUT2D eigenvalue weighted by molar-refractivity contribution is -0.166. The zero-order chi connectivity index (χ0) is 43.7. The predicted molar refractivity (Wildman–Crippen MR) is 256 cm³/mol. The first-order valence-corrected chi connectivity index (χ1v) is 24.2. The molecule has 0 heterocycles. The molecule has 0 saturated carbocycles. The molecule has 6 nitrogen and oxygen atoms in total. The standard InChI is InChI=1S/C54H88O6/c1-4-7-10-13-16-19-21-23-25-26-27-28-29-31-32-35-38-41-44-47-53(56)59-50-51(49-58-52(55)46-43-40-37-34-18-15-12-9-6-3)60-54(57)48-45-42-39-36-33-30-24-22-20-17-14-11-8-5-2/h7,9-10,12,16,18-19,23,25,27-28,31-32,34,38,41,51H,4-6,8,11,13-15,17,20-22,24,26,29-30,33,35-37,39-40,42-50H2,1-3H3/b10-7-,12-9-,19-16-,25-23-,28-27-,32-31-,34-18-,41-38-. The summed E-state index contributed by atoms with van der Waals surface area (Å²) in [4.78, 5) is 37.7. The Kier molecular flexibility index (Phi) is 45.1. The average Bonchev–Trinajstić information content (AvgIpc) is 3.24. The highest BCUT2D eigenvalue weighted by Gasteiger charge is 2.19. The van der Waals surface area contributed by atoms with E-state index in [9.17, 15) is 14.4 Å². The molecule has 6 heteroatoms. The van der Waals surface area contributed by atoms with E-state index in [2.05, 4.69) is 106 Å². The SMILES string of the molecule is CC/C=C\C/C=C\C/C=C\C/C=C\C/C=C\C/C=C\CCC(=O)OCC(COC(=O)CCCC/C=C\C/C=C\CC)OC(=O)CCCCCCCCCCCCCCCC. The molecule has 0 spiro atoms. The molecule has 340 valence electrons. The molecular weight excluding hydrogens is 745 g/mol. The summed E-state index contributed by atoms with van der Waals surface area (Å²) in [6.07, 6.45) is 62.7. The number of hydrogen-bond donors (Lipinski definition) is 0. The van der Waals surface area contributed by atoms with Crippen molar-refractivity contribution in [2.24, 2.45) is 0 Å². The van der Waals surface area contributed by atoms with Gasteiger partial charge in [0.05, 0.1) is 0 Å². The molecule has 0 aliphatic rings. The van der Waals surface area contributed by atoms with E-state index in [1.54, 1.807) is 0 Å². The van der Waals surface area contributed by atoms with E-state index in [1.165, 1.54) is 70.6 Å². The van der Waals surface area contributed by atoms with Crippen molar-refractivity contribution >= 4 is 17.9 Å². The van der Waals surface area contributed by atoms with Crippen LogP contribution in [0.25, 0.3) is 0 Å². The highest BCUT2D eigenvalue weighted by atomic mass is 16.6. The first kappa shape index (κ1) is 56.3. The van der Waals surface area contributed by atoms with Crippen LogP contribution in [0.2, 0.25) is 0 Å². The van der Waals surface area contributed by atoms with Gasteiger partial charge in [0.25, 0.3) is 0 Å². The smallest absolute Gasteiger partial charge is 0.306 e. The summed E-state index contributed by atoms with van der Waals surface area (Å²) < 4.78 is 16.6. The lowest BCUT2D eigenvalue weighted by atomic mass is 10.0. The van der Waals surface area contributed by atoms with Crippen molar-refractivity contribution in [3.05, 3.63) is 97.2 Å². The maximum absolute atomic E-state index is 12.7. The number of carbonyl (C=O) groups is 3. The van der Waals surface area contributed by atoms with Gasteiger partial charge in [-0.15, -0.1) is 0 Å². The van der Waals surface area contributed by atoms with E-state index in [0.29, 0.717) is 19.3 Å². The van der Waals surface area contributed by atoms with E-state index < -0.39 is 6.10 Å². The molecule has 0 fully saturated rings. The van der Waals surface area contributed by atoms with Gasteiger partial charge in [-0.05, 0) is 83.5 Å². The summed E-state index contributed by atoms with van der Waals surface area (Å²) in [7, 11) is 0. The Morgan fingerprint density at radius 3 is 1.12 bits per heavy atom. The highest BCUT2D eigenvalue weighted by molar-refractivity contribution is 5.71. The van der Waals surface area contributed by atoms with Crippen molar-refractivity contribution in [3.63, 3.8) is 0 Å². The molecule has 0 aliphatic carbocycles. The van der Waals surface area contributed by atoms with Crippen LogP contribution in [0.3, 0.4) is 0 Å². The van der Waals surface area contributed by atoms with E-state index in [4.69, 9.17) is 14.2 Å². The zero-order valence-corrected chi connectivity index (χ0v) is 38.7. The Bertz CT molecular complexity index is 1230. The normalized spacial score (nSPS) is 12.9. The van der Waals surface area contributed by atoms with Gasteiger partial charge in [-0.25, -0.2) is 0 Å². The molecule has 1 atom stereocenters. The monoisotopic (exact) mass is 833 g/mol. The number of esters is 3. The molecule has 0 saturated heterocycles. The molecule has 0 rings (SSSR count). The number of rotatable bonds is 42. The Labute approximate surface area is 368 Å². The summed E-state index contributed by atoms with van der Waals surface area (Å²) in [5.41, 5.74) is 0.